The Morgan fingerprint density at radius 3 is 1.88 bits per heavy atom. The van der Waals surface area contributed by atoms with Gasteiger partial charge in [-0.3, -0.25) is 0 Å². The molecule has 0 fully saturated rings. The number of hydrogen-bond donors (Lipinski definition) is 0. The van der Waals surface area contributed by atoms with Crippen LogP contribution in [-0.4, -0.2) is 0 Å². The molecule has 43 heavy (non-hydrogen) atoms. The highest BCUT2D eigenvalue weighted by Gasteiger charge is 2.20. The lowest BCUT2D eigenvalue weighted by Gasteiger charge is -2.27. The molecule has 0 aliphatic heterocycles. The van der Waals surface area contributed by atoms with Gasteiger partial charge in [0.2, 0.25) is 0 Å². The summed E-state index contributed by atoms with van der Waals surface area (Å²) in [4.78, 5) is 2.38. The van der Waals surface area contributed by atoms with E-state index in [9.17, 15) is 0 Å². The van der Waals surface area contributed by atoms with Gasteiger partial charge < -0.3 is 9.32 Å². The summed E-state index contributed by atoms with van der Waals surface area (Å²) in [5.41, 5.74) is 7.50. The molecule has 0 aliphatic carbocycles. The van der Waals surface area contributed by atoms with E-state index in [1.54, 1.807) is 0 Å². The van der Waals surface area contributed by atoms with Crippen LogP contribution in [0.1, 0.15) is 0 Å². The van der Waals surface area contributed by atoms with Crippen LogP contribution >= 0.6 is 11.3 Å². The van der Waals surface area contributed by atoms with E-state index < -0.39 is 0 Å². The average Bonchev–Trinajstić information content (AvgIpc) is 3.64. The summed E-state index contributed by atoms with van der Waals surface area (Å²) in [5, 5.41) is 7.33. The number of fused-ring (bicyclic) bond motifs is 8. The minimum Gasteiger partial charge on any atom is -0.456 e. The van der Waals surface area contributed by atoms with Crippen LogP contribution in [0.5, 0.6) is 0 Å². The smallest absolute Gasteiger partial charge is 0.137 e. The summed E-state index contributed by atoms with van der Waals surface area (Å²) in [6.45, 7) is 0. The fraction of sp³-hybridized carbons (Fsp3) is 0. The fourth-order valence-corrected chi connectivity index (χ4v) is 7.65. The summed E-state index contributed by atoms with van der Waals surface area (Å²) in [6.07, 6.45) is 0. The van der Waals surface area contributed by atoms with Crippen molar-refractivity contribution in [1.29, 1.82) is 0 Å². The van der Waals surface area contributed by atoms with Crippen LogP contribution in [0.25, 0.3) is 64.0 Å². The average molecular weight is 568 g/mol. The Labute approximate surface area is 252 Å². The van der Waals surface area contributed by atoms with E-state index in [1.807, 2.05) is 23.5 Å². The summed E-state index contributed by atoms with van der Waals surface area (Å²) >= 11 is 1.87. The van der Waals surface area contributed by atoms with Crippen molar-refractivity contribution in [1.82, 2.24) is 0 Å². The molecule has 2 heterocycles. The molecule has 9 aromatic rings. The number of hydrogen-bond acceptors (Lipinski definition) is 3. The second kappa shape index (κ2) is 9.59. The number of rotatable bonds is 4. The Morgan fingerprint density at radius 1 is 0.419 bits per heavy atom. The molecule has 7 aromatic carbocycles. The lowest BCUT2D eigenvalue weighted by molar-refractivity contribution is 0.669. The van der Waals surface area contributed by atoms with Crippen LogP contribution in [0.3, 0.4) is 0 Å². The Balaban J connectivity index is 1.32. The molecule has 0 amide bonds. The van der Waals surface area contributed by atoms with Gasteiger partial charge in [-0.05, 0) is 53.6 Å². The number of benzene rings is 7. The third-order valence-corrected chi connectivity index (χ3v) is 9.68. The predicted molar refractivity (Wildman–Crippen MR) is 184 cm³/mol. The van der Waals surface area contributed by atoms with Crippen molar-refractivity contribution >= 4 is 81.3 Å². The van der Waals surface area contributed by atoms with Crippen molar-refractivity contribution < 1.29 is 4.42 Å². The summed E-state index contributed by atoms with van der Waals surface area (Å²) in [5.74, 6) is 0. The Bertz CT molecular complexity index is 2450. The van der Waals surface area contributed by atoms with Gasteiger partial charge in [-0.2, -0.15) is 0 Å². The maximum Gasteiger partial charge on any atom is 0.137 e. The monoisotopic (exact) mass is 567 g/mol. The van der Waals surface area contributed by atoms with Crippen LogP contribution in [0.4, 0.5) is 17.1 Å². The minimum absolute atomic E-state index is 0.885. The van der Waals surface area contributed by atoms with E-state index in [0.29, 0.717) is 0 Å². The molecule has 0 unspecified atom stereocenters. The molecule has 0 radical (unpaired) electrons. The first-order chi connectivity index (χ1) is 21.3. The van der Waals surface area contributed by atoms with Gasteiger partial charge in [-0.1, -0.05) is 103 Å². The topological polar surface area (TPSA) is 16.4 Å². The van der Waals surface area contributed by atoms with Gasteiger partial charge in [0.05, 0.1) is 5.69 Å². The highest BCUT2D eigenvalue weighted by Crippen LogP contribution is 2.47. The summed E-state index contributed by atoms with van der Waals surface area (Å²) in [6, 6.07) is 54.2. The number of furan rings is 1. The Hall–Kier alpha value is -5.38. The number of anilines is 3. The molecule has 202 valence electrons. The molecule has 3 heteroatoms. The van der Waals surface area contributed by atoms with Gasteiger partial charge in [0, 0.05) is 59.2 Å². The van der Waals surface area contributed by atoms with E-state index in [4.69, 9.17) is 4.42 Å². The molecule has 9 rings (SSSR count). The quantitative estimate of drug-likeness (QED) is 0.210. The van der Waals surface area contributed by atoms with Crippen LogP contribution < -0.4 is 4.90 Å². The fourth-order valence-electron chi connectivity index (χ4n) is 6.43. The SMILES string of the molecule is c1ccc(-c2ccc(N(c3ccc4c(c3)oc3ccccc34)c3cc4c5ccccc5sc4c4ccccc34)cc2)cc1. The zero-order valence-electron chi connectivity index (χ0n) is 23.2. The van der Waals surface area contributed by atoms with Crippen LogP contribution in [0.2, 0.25) is 0 Å². The minimum atomic E-state index is 0.885. The first-order valence-corrected chi connectivity index (χ1v) is 15.3. The Morgan fingerprint density at radius 2 is 1.05 bits per heavy atom. The number of thiophene rings is 1. The number of nitrogens with zero attached hydrogens (tertiary/aromatic N) is 1. The van der Waals surface area contributed by atoms with Gasteiger partial charge in [-0.15, -0.1) is 11.3 Å². The van der Waals surface area contributed by atoms with Gasteiger partial charge >= 0.3 is 0 Å². The van der Waals surface area contributed by atoms with E-state index in [1.165, 1.54) is 42.1 Å². The van der Waals surface area contributed by atoms with E-state index in [-0.39, 0.29) is 0 Å². The van der Waals surface area contributed by atoms with Crippen molar-refractivity contribution in [2.75, 3.05) is 4.90 Å². The zero-order valence-corrected chi connectivity index (χ0v) is 24.0. The first-order valence-electron chi connectivity index (χ1n) is 14.5. The third kappa shape index (κ3) is 3.86. The van der Waals surface area contributed by atoms with Gasteiger partial charge in [0.15, 0.2) is 0 Å². The van der Waals surface area contributed by atoms with Crippen LogP contribution in [0, 0.1) is 0 Å². The molecule has 0 aliphatic rings. The van der Waals surface area contributed by atoms with Crippen molar-refractivity contribution in [3.05, 3.63) is 152 Å². The summed E-state index contributed by atoms with van der Waals surface area (Å²) < 4.78 is 9.00. The van der Waals surface area contributed by atoms with Gasteiger partial charge in [0.25, 0.3) is 0 Å². The molecule has 0 N–H and O–H groups in total. The summed E-state index contributed by atoms with van der Waals surface area (Å²) in [7, 11) is 0. The standard InChI is InChI=1S/C40H25NOS/c1-2-10-26(11-3-1)27-18-20-28(21-19-27)41(29-22-23-32-31-13-6-8-16-37(31)42-38(32)24-29)36-25-35-33-14-7-9-17-39(33)43-40(35)34-15-5-4-12-30(34)36/h1-25H. The lowest BCUT2D eigenvalue weighted by Crippen LogP contribution is -2.10. The molecule has 0 saturated heterocycles. The normalized spacial score (nSPS) is 11.7. The molecule has 0 bridgehead atoms. The molecular weight excluding hydrogens is 543 g/mol. The van der Waals surface area contributed by atoms with E-state index >= 15 is 0 Å². The zero-order chi connectivity index (χ0) is 28.3. The first kappa shape index (κ1) is 24.2. The highest BCUT2D eigenvalue weighted by molar-refractivity contribution is 7.26. The van der Waals surface area contributed by atoms with Crippen molar-refractivity contribution in [2.24, 2.45) is 0 Å². The van der Waals surface area contributed by atoms with Crippen LogP contribution in [0.15, 0.2) is 156 Å². The van der Waals surface area contributed by atoms with Gasteiger partial charge in [0.1, 0.15) is 11.2 Å². The van der Waals surface area contributed by atoms with Crippen molar-refractivity contribution in [3.63, 3.8) is 0 Å². The molecule has 0 atom stereocenters. The highest BCUT2D eigenvalue weighted by atomic mass is 32.1. The van der Waals surface area contributed by atoms with Crippen molar-refractivity contribution in [2.45, 2.75) is 0 Å². The maximum absolute atomic E-state index is 6.37. The second-order valence-corrected chi connectivity index (χ2v) is 12.0. The predicted octanol–water partition coefficient (Wildman–Crippen LogP) is 12.2. The van der Waals surface area contributed by atoms with E-state index in [2.05, 4.69) is 144 Å². The van der Waals surface area contributed by atoms with Crippen LogP contribution in [-0.2, 0) is 0 Å². The van der Waals surface area contributed by atoms with Gasteiger partial charge in [-0.25, -0.2) is 0 Å². The maximum atomic E-state index is 6.37. The Kier molecular flexibility index (Phi) is 5.40. The second-order valence-electron chi connectivity index (χ2n) is 10.9. The van der Waals surface area contributed by atoms with Crippen molar-refractivity contribution in [3.8, 4) is 11.1 Å². The number of para-hydroxylation sites is 1. The lowest BCUT2D eigenvalue weighted by atomic mass is 10.0. The molecule has 0 saturated carbocycles. The molecule has 2 aromatic heterocycles. The molecule has 2 nitrogen and oxygen atoms in total. The molecule has 0 spiro atoms. The third-order valence-electron chi connectivity index (χ3n) is 8.46. The molecular formula is C40H25NOS. The van der Waals surface area contributed by atoms with E-state index in [0.717, 1.165) is 39.0 Å². The largest absolute Gasteiger partial charge is 0.456 e.